The molecule has 0 saturated heterocycles. The predicted octanol–water partition coefficient (Wildman–Crippen LogP) is 4.46. The first-order valence-corrected chi connectivity index (χ1v) is 9.89. The van der Waals surface area contributed by atoms with E-state index in [0.29, 0.717) is 24.8 Å². The Balaban J connectivity index is 2.36. The van der Waals surface area contributed by atoms with Gasteiger partial charge in [0.05, 0.1) is 5.56 Å². The third-order valence-electron chi connectivity index (χ3n) is 4.66. The molecule has 156 valence electrons. The maximum absolute atomic E-state index is 14.2. The Bertz CT molecular complexity index is 863. The van der Waals surface area contributed by atoms with Gasteiger partial charge < -0.3 is 10.6 Å². The maximum atomic E-state index is 14.2. The summed E-state index contributed by atoms with van der Waals surface area (Å²) in [5.74, 6) is 0.812. The van der Waals surface area contributed by atoms with Crippen LogP contribution in [0.25, 0.3) is 0 Å². The molecule has 0 fully saturated rings. The Hall–Kier alpha value is -2.89. The molecule has 1 aromatic carbocycles. The van der Waals surface area contributed by atoms with Gasteiger partial charge in [-0.3, -0.25) is 9.69 Å². The molecule has 2 rings (SSSR count). The van der Waals surface area contributed by atoms with Crippen molar-refractivity contribution in [2.24, 2.45) is 17.6 Å². The first-order valence-electron chi connectivity index (χ1n) is 9.89. The van der Waals surface area contributed by atoms with Gasteiger partial charge in [-0.25, -0.2) is 9.37 Å². The van der Waals surface area contributed by atoms with E-state index in [1.165, 1.54) is 12.1 Å². The summed E-state index contributed by atoms with van der Waals surface area (Å²) in [6.07, 6.45) is 1.64. The number of nitrogens with zero attached hydrogens (tertiary/aromatic N) is 3. The van der Waals surface area contributed by atoms with Crippen molar-refractivity contribution in [2.75, 3.05) is 29.9 Å². The summed E-state index contributed by atoms with van der Waals surface area (Å²) in [5.41, 5.74) is 6.90. The van der Waals surface area contributed by atoms with Crippen LogP contribution in [0.1, 0.15) is 38.1 Å². The van der Waals surface area contributed by atoms with Crippen LogP contribution in [-0.4, -0.2) is 31.0 Å². The predicted molar refractivity (Wildman–Crippen MR) is 118 cm³/mol. The van der Waals surface area contributed by atoms with Crippen molar-refractivity contribution in [1.29, 1.82) is 0 Å². The molecule has 1 amide bonds. The molecule has 0 unspecified atom stereocenters. The highest BCUT2D eigenvalue weighted by atomic mass is 19.1. The molecule has 5 nitrogen and oxygen atoms in total. The number of anilines is 2. The van der Waals surface area contributed by atoms with Gasteiger partial charge in [0, 0.05) is 20.1 Å². The van der Waals surface area contributed by atoms with Gasteiger partial charge in [-0.1, -0.05) is 45.9 Å². The van der Waals surface area contributed by atoms with Crippen LogP contribution >= 0.6 is 0 Å². The Morgan fingerprint density at radius 1 is 1.10 bits per heavy atom. The standard InChI is InChI=1S/C23H31FN4O/c1-16(2)14-28(23(29)19-9-6-7-10-20(19)24)22-12-8-11-21(26-22)27(5)15-18(13-25)17(3)4/h6-13,16-17H,14-15,25H2,1-5H3/b18-13-. The number of aromatic nitrogens is 1. The number of halogens is 1. The van der Waals surface area contributed by atoms with Crippen LogP contribution in [0, 0.1) is 17.7 Å². The number of hydrogen-bond acceptors (Lipinski definition) is 4. The molecule has 2 aromatic rings. The third-order valence-corrected chi connectivity index (χ3v) is 4.66. The summed E-state index contributed by atoms with van der Waals surface area (Å²) in [7, 11) is 1.93. The number of carbonyl (C=O) groups is 1. The summed E-state index contributed by atoms with van der Waals surface area (Å²) < 4.78 is 14.2. The van der Waals surface area contributed by atoms with Crippen molar-refractivity contribution < 1.29 is 9.18 Å². The average Bonchev–Trinajstić information content (AvgIpc) is 2.69. The Kier molecular flexibility index (Phi) is 7.76. The highest BCUT2D eigenvalue weighted by Gasteiger charge is 2.23. The minimum absolute atomic E-state index is 0.0434. The molecule has 0 bridgehead atoms. The van der Waals surface area contributed by atoms with Crippen molar-refractivity contribution >= 4 is 17.5 Å². The number of carbonyl (C=O) groups excluding carboxylic acids is 1. The molecule has 0 aliphatic carbocycles. The molecule has 0 aliphatic heterocycles. The molecule has 0 spiro atoms. The molecule has 0 aliphatic rings. The zero-order valence-corrected chi connectivity index (χ0v) is 17.9. The third kappa shape index (κ3) is 5.79. The summed E-state index contributed by atoms with van der Waals surface area (Å²) >= 11 is 0. The minimum atomic E-state index is -0.533. The zero-order valence-electron chi connectivity index (χ0n) is 17.9. The molecule has 0 saturated carbocycles. The average molecular weight is 399 g/mol. The van der Waals surface area contributed by atoms with Crippen molar-refractivity contribution in [2.45, 2.75) is 27.7 Å². The number of likely N-dealkylation sites (N-methyl/N-ethyl adjacent to an activating group) is 1. The fourth-order valence-electron chi connectivity index (χ4n) is 2.98. The summed E-state index contributed by atoms with van der Waals surface area (Å²) in [6, 6.07) is 11.6. The molecule has 1 aromatic heterocycles. The second-order valence-corrected chi connectivity index (χ2v) is 7.90. The van der Waals surface area contributed by atoms with Gasteiger partial charge >= 0.3 is 0 Å². The van der Waals surface area contributed by atoms with Gasteiger partial charge in [0.2, 0.25) is 0 Å². The van der Waals surface area contributed by atoms with E-state index in [9.17, 15) is 9.18 Å². The molecular weight excluding hydrogens is 367 g/mol. The Morgan fingerprint density at radius 3 is 2.34 bits per heavy atom. The van der Waals surface area contributed by atoms with Crippen LogP contribution < -0.4 is 15.5 Å². The lowest BCUT2D eigenvalue weighted by Crippen LogP contribution is -2.36. The first-order chi connectivity index (χ1) is 13.7. The van der Waals surface area contributed by atoms with Crippen LogP contribution in [-0.2, 0) is 0 Å². The number of nitrogens with two attached hydrogens (primary N) is 1. The van der Waals surface area contributed by atoms with Crippen LogP contribution in [0.4, 0.5) is 16.0 Å². The summed E-state index contributed by atoms with van der Waals surface area (Å²) in [5, 5.41) is 0. The van der Waals surface area contributed by atoms with Gasteiger partial charge in [0.25, 0.3) is 5.91 Å². The van der Waals surface area contributed by atoms with Gasteiger partial charge in [-0.15, -0.1) is 0 Å². The lowest BCUT2D eigenvalue weighted by molar-refractivity contribution is 0.0979. The molecule has 6 heteroatoms. The number of hydrogen-bond donors (Lipinski definition) is 1. The largest absolute Gasteiger partial charge is 0.405 e. The van der Waals surface area contributed by atoms with Gasteiger partial charge in [-0.05, 0) is 47.9 Å². The number of pyridine rings is 1. The van der Waals surface area contributed by atoms with Crippen molar-refractivity contribution in [1.82, 2.24) is 4.98 Å². The van der Waals surface area contributed by atoms with Crippen molar-refractivity contribution in [3.8, 4) is 0 Å². The maximum Gasteiger partial charge on any atom is 0.262 e. The molecule has 0 radical (unpaired) electrons. The van der Waals surface area contributed by atoms with Gasteiger partial charge in [0.15, 0.2) is 0 Å². The molecule has 29 heavy (non-hydrogen) atoms. The van der Waals surface area contributed by atoms with E-state index in [4.69, 9.17) is 5.73 Å². The lowest BCUT2D eigenvalue weighted by atomic mass is 10.0. The van der Waals surface area contributed by atoms with Gasteiger partial charge in [0.1, 0.15) is 17.5 Å². The molecule has 2 N–H and O–H groups in total. The Morgan fingerprint density at radius 2 is 1.76 bits per heavy atom. The number of benzene rings is 1. The second kappa shape index (κ2) is 10.0. The van der Waals surface area contributed by atoms with E-state index < -0.39 is 11.7 Å². The molecule has 1 heterocycles. The van der Waals surface area contributed by atoms with E-state index in [1.807, 2.05) is 37.9 Å². The zero-order chi connectivity index (χ0) is 21.6. The van der Waals surface area contributed by atoms with Crippen LogP contribution in [0.3, 0.4) is 0 Å². The van der Waals surface area contributed by atoms with Crippen LogP contribution in [0.2, 0.25) is 0 Å². The smallest absolute Gasteiger partial charge is 0.262 e. The van der Waals surface area contributed by atoms with Crippen molar-refractivity contribution in [3.63, 3.8) is 0 Å². The summed E-state index contributed by atoms with van der Waals surface area (Å²) in [6.45, 7) is 9.28. The molecule has 0 atom stereocenters. The van der Waals surface area contributed by atoms with E-state index in [1.54, 1.807) is 29.3 Å². The Labute approximate surface area is 173 Å². The summed E-state index contributed by atoms with van der Waals surface area (Å²) in [4.78, 5) is 21.3. The SMILES string of the molecule is CC(C)CN(C(=O)c1ccccc1F)c1cccc(N(C)C/C(=C/N)C(C)C)n1. The van der Waals surface area contributed by atoms with Crippen molar-refractivity contribution in [3.05, 3.63) is 65.6 Å². The topological polar surface area (TPSA) is 62.5 Å². The first kappa shape index (κ1) is 22.4. The van der Waals surface area contributed by atoms with E-state index in [0.717, 1.165) is 11.4 Å². The monoisotopic (exact) mass is 398 g/mol. The normalized spacial score (nSPS) is 11.8. The van der Waals surface area contributed by atoms with E-state index in [2.05, 4.69) is 18.8 Å². The van der Waals surface area contributed by atoms with Crippen LogP contribution in [0.15, 0.2) is 54.2 Å². The lowest BCUT2D eigenvalue weighted by Gasteiger charge is -2.26. The fraction of sp³-hybridized carbons (Fsp3) is 0.391. The quantitative estimate of drug-likeness (QED) is 0.713. The number of rotatable bonds is 8. The molecular formula is C23H31FN4O. The van der Waals surface area contributed by atoms with Crippen LogP contribution in [0.5, 0.6) is 0 Å². The minimum Gasteiger partial charge on any atom is -0.405 e. The number of amides is 1. The van der Waals surface area contributed by atoms with Gasteiger partial charge in [-0.2, -0.15) is 0 Å². The highest BCUT2D eigenvalue weighted by molar-refractivity contribution is 6.05. The second-order valence-electron chi connectivity index (χ2n) is 7.90. The van der Waals surface area contributed by atoms with E-state index >= 15 is 0 Å². The fourth-order valence-corrected chi connectivity index (χ4v) is 2.98. The van der Waals surface area contributed by atoms with E-state index in [-0.39, 0.29) is 11.5 Å². The highest BCUT2D eigenvalue weighted by Crippen LogP contribution is 2.22.